The molecular formula is C29H50F2N3O6P. The summed E-state index contributed by atoms with van der Waals surface area (Å²) in [6, 6.07) is 1.22. The molecule has 3 rings (SSSR count). The Kier molecular flexibility index (Phi) is 14.7. The number of anilines is 1. The summed E-state index contributed by atoms with van der Waals surface area (Å²) in [4.78, 5) is 15.5. The molecule has 2 fully saturated rings. The van der Waals surface area contributed by atoms with Crippen LogP contribution in [0.25, 0.3) is 0 Å². The molecular weight excluding hydrogens is 555 g/mol. The van der Waals surface area contributed by atoms with Crippen molar-refractivity contribution in [3.63, 3.8) is 0 Å². The van der Waals surface area contributed by atoms with E-state index in [1.165, 1.54) is 96.0 Å². The Morgan fingerprint density at radius 1 is 0.951 bits per heavy atom. The number of aromatic nitrogens is 2. The smallest absolute Gasteiger partial charge is 0.383 e. The fourth-order valence-electron chi connectivity index (χ4n) is 5.42. The summed E-state index contributed by atoms with van der Waals surface area (Å²) in [5, 5.41) is 0. The minimum absolute atomic E-state index is 0.0879. The Bertz CT molecular complexity index is 998. The number of hydrogen-bond acceptors (Lipinski definition) is 8. The summed E-state index contributed by atoms with van der Waals surface area (Å²) in [5.41, 5.74) is 4.45. The Balaban J connectivity index is 1.20. The van der Waals surface area contributed by atoms with Crippen LogP contribution in [-0.4, -0.2) is 40.9 Å². The first kappa shape index (κ1) is 34.1. The molecule has 1 aromatic rings. The number of rotatable bonds is 21. The molecule has 236 valence electrons. The zero-order chi connectivity index (χ0) is 29.6. The molecule has 2 aliphatic heterocycles. The van der Waals surface area contributed by atoms with Gasteiger partial charge in [0.05, 0.1) is 13.2 Å². The molecule has 0 aromatic carbocycles. The highest BCUT2D eigenvalue weighted by Crippen LogP contribution is 2.59. The van der Waals surface area contributed by atoms with Gasteiger partial charge in [-0.05, 0) is 12.5 Å². The van der Waals surface area contributed by atoms with Gasteiger partial charge in [0.1, 0.15) is 11.9 Å². The minimum atomic E-state index is -4.18. The van der Waals surface area contributed by atoms with Crippen molar-refractivity contribution >= 4 is 13.6 Å². The average molecular weight is 606 g/mol. The first-order valence-electron chi connectivity index (χ1n) is 15.7. The maximum atomic E-state index is 15.1. The average Bonchev–Trinajstić information content (AvgIpc) is 3.19. The normalized spacial score (nSPS) is 25.4. The van der Waals surface area contributed by atoms with Crippen LogP contribution in [0.5, 0.6) is 0 Å². The van der Waals surface area contributed by atoms with Gasteiger partial charge in [0, 0.05) is 6.20 Å². The number of phosphoric acid groups is 1. The molecule has 1 aromatic heterocycles. The molecule has 0 bridgehead atoms. The van der Waals surface area contributed by atoms with E-state index < -0.39 is 44.5 Å². The van der Waals surface area contributed by atoms with Crippen LogP contribution in [-0.2, 0) is 22.9 Å². The number of halogens is 2. The first-order valence-corrected chi connectivity index (χ1v) is 17.2. The molecule has 1 unspecified atom stereocenters. The van der Waals surface area contributed by atoms with Crippen LogP contribution in [0, 0.1) is 0 Å². The van der Waals surface area contributed by atoms with Gasteiger partial charge in [-0.1, -0.05) is 116 Å². The van der Waals surface area contributed by atoms with Gasteiger partial charge < -0.3 is 10.5 Å². The van der Waals surface area contributed by atoms with E-state index in [0.29, 0.717) is 11.0 Å². The molecule has 0 radical (unpaired) electrons. The zero-order valence-electron chi connectivity index (χ0n) is 24.7. The fraction of sp³-hybridized carbons (Fsp3) is 0.862. The van der Waals surface area contributed by atoms with Gasteiger partial charge in [-0.15, -0.1) is 0 Å². The number of nitrogens with zero attached hydrogens (tertiary/aromatic N) is 2. The number of nitrogen functional groups attached to an aromatic ring is 1. The third-order valence-corrected chi connectivity index (χ3v) is 9.29. The van der Waals surface area contributed by atoms with Crippen LogP contribution in [0.2, 0.25) is 0 Å². The number of ether oxygens (including phenoxy) is 1. The molecule has 0 aliphatic carbocycles. The van der Waals surface area contributed by atoms with Gasteiger partial charge in [0.2, 0.25) is 6.23 Å². The molecule has 2 saturated heterocycles. The van der Waals surface area contributed by atoms with Crippen LogP contribution < -0.4 is 11.4 Å². The van der Waals surface area contributed by atoms with Crippen molar-refractivity contribution in [1.82, 2.24) is 9.55 Å². The standard InChI is InChI=1S/C29H50F2N3O6P/c1-2-3-4-5-6-7-8-9-10-11-12-13-14-15-16-17-18-19-22-37-41(36)38-23-24-26(40-41)29(30,31)27(39-24)34-21-20-25(32)33-28(34)35/h20-21,24,26-27H,2-19,22-23H2,1H3,(H2,32,33,35)/t24-,26-,27-,41?/m1/s1. The Hall–Kier alpha value is -1.39. The molecule has 9 nitrogen and oxygen atoms in total. The van der Waals surface area contributed by atoms with E-state index in [1.54, 1.807) is 0 Å². The highest BCUT2D eigenvalue weighted by atomic mass is 31.2. The Labute approximate surface area is 243 Å². The fourth-order valence-corrected chi connectivity index (χ4v) is 6.85. The van der Waals surface area contributed by atoms with Crippen LogP contribution in [0.15, 0.2) is 17.1 Å². The van der Waals surface area contributed by atoms with Crippen molar-refractivity contribution in [2.45, 2.75) is 147 Å². The van der Waals surface area contributed by atoms with Crippen molar-refractivity contribution in [2.75, 3.05) is 18.9 Å². The lowest BCUT2D eigenvalue weighted by Gasteiger charge is -2.31. The number of phosphoric ester groups is 1. The van der Waals surface area contributed by atoms with Crippen molar-refractivity contribution in [2.24, 2.45) is 0 Å². The van der Waals surface area contributed by atoms with Gasteiger partial charge in [-0.2, -0.15) is 13.8 Å². The highest BCUT2D eigenvalue weighted by Gasteiger charge is 2.65. The van der Waals surface area contributed by atoms with Gasteiger partial charge in [0.25, 0.3) is 0 Å². The lowest BCUT2D eigenvalue weighted by Crippen LogP contribution is -2.45. The number of fused-ring (bicyclic) bond motifs is 1. The van der Waals surface area contributed by atoms with Gasteiger partial charge in [-0.3, -0.25) is 18.1 Å². The number of nitrogens with two attached hydrogens (primary N) is 1. The summed E-state index contributed by atoms with van der Waals surface area (Å²) in [6.07, 6.45) is 18.5. The minimum Gasteiger partial charge on any atom is -0.383 e. The molecule has 0 spiro atoms. The molecule has 0 saturated carbocycles. The highest BCUT2D eigenvalue weighted by molar-refractivity contribution is 7.48. The second kappa shape index (κ2) is 17.7. The van der Waals surface area contributed by atoms with Gasteiger partial charge in [0.15, 0.2) is 6.10 Å². The molecule has 3 heterocycles. The summed E-state index contributed by atoms with van der Waals surface area (Å²) in [7, 11) is -4.18. The third kappa shape index (κ3) is 11.0. The molecule has 2 N–H and O–H groups in total. The van der Waals surface area contributed by atoms with Crippen LogP contribution in [0.1, 0.15) is 129 Å². The monoisotopic (exact) mass is 605 g/mol. The van der Waals surface area contributed by atoms with E-state index in [9.17, 15) is 9.36 Å². The second-order valence-electron chi connectivity index (χ2n) is 11.4. The van der Waals surface area contributed by atoms with Crippen molar-refractivity contribution in [1.29, 1.82) is 0 Å². The number of unbranched alkanes of at least 4 members (excludes halogenated alkanes) is 17. The molecule has 4 atom stereocenters. The van der Waals surface area contributed by atoms with E-state index in [4.69, 9.17) is 24.0 Å². The van der Waals surface area contributed by atoms with E-state index >= 15 is 8.78 Å². The van der Waals surface area contributed by atoms with E-state index in [-0.39, 0.29) is 12.4 Å². The van der Waals surface area contributed by atoms with Crippen molar-refractivity contribution < 1.29 is 31.7 Å². The lowest BCUT2D eigenvalue weighted by molar-refractivity contribution is -0.138. The molecule has 41 heavy (non-hydrogen) atoms. The summed E-state index contributed by atoms with van der Waals surface area (Å²) in [5.74, 6) is -3.76. The summed E-state index contributed by atoms with van der Waals surface area (Å²) < 4.78 is 64.7. The zero-order valence-corrected chi connectivity index (χ0v) is 25.5. The molecule has 12 heteroatoms. The topological polar surface area (TPSA) is 115 Å². The van der Waals surface area contributed by atoms with E-state index in [0.717, 1.165) is 25.5 Å². The van der Waals surface area contributed by atoms with Gasteiger partial charge >= 0.3 is 19.4 Å². The Morgan fingerprint density at radius 2 is 1.46 bits per heavy atom. The molecule has 0 amide bonds. The first-order chi connectivity index (χ1) is 19.8. The van der Waals surface area contributed by atoms with Crippen molar-refractivity contribution in [3.05, 3.63) is 22.7 Å². The molecule has 2 aliphatic rings. The predicted octanol–water partition coefficient (Wildman–Crippen LogP) is 7.94. The second-order valence-corrected chi connectivity index (χ2v) is 13.0. The van der Waals surface area contributed by atoms with E-state index in [1.807, 2.05) is 0 Å². The third-order valence-electron chi connectivity index (χ3n) is 7.84. The largest absolute Gasteiger partial charge is 0.475 e. The maximum absolute atomic E-state index is 15.1. The SMILES string of the molecule is CCCCCCCCCCCCCCCCCCCCOP1(=O)OC[C@H]2O[C@@H](n3ccc(N)nc3=O)C(F)(F)[C@@H]2O1. The van der Waals surface area contributed by atoms with E-state index in [2.05, 4.69) is 11.9 Å². The van der Waals surface area contributed by atoms with Crippen LogP contribution in [0.3, 0.4) is 0 Å². The Morgan fingerprint density at radius 3 is 1.98 bits per heavy atom. The summed E-state index contributed by atoms with van der Waals surface area (Å²) >= 11 is 0. The van der Waals surface area contributed by atoms with Crippen molar-refractivity contribution in [3.8, 4) is 0 Å². The number of alkyl halides is 2. The maximum Gasteiger partial charge on any atom is 0.475 e. The summed E-state index contributed by atoms with van der Waals surface area (Å²) in [6.45, 7) is 1.95. The lowest BCUT2D eigenvalue weighted by atomic mass is 10.0. The van der Waals surface area contributed by atoms with Gasteiger partial charge in [-0.25, -0.2) is 9.36 Å². The van der Waals surface area contributed by atoms with Crippen LogP contribution >= 0.6 is 7.82 Å². The quantitative estimate of drug-likeness (QED) is 0.111. The predicted molar refractivity (Wildman–Crippen MR) is 155 cm³/mol. The van der Waals surface area contributed by atoms with Crippen LogP contribution in [0.4, 0.5) is 14.6 Å². The number of hydrogen-bond donors (Lipinski definition) is 1.